The normalized spacial score (nSPS) is 11.9. The Hall–Kier alpha value is -1.44. The van der Waals surface area contributed by atoms with Gasteiger partial charge in [0.25, 0.3) is 5.91 Å². The van der Waals surface area contributed by atoms with Crippen molar-refractivity contribution in [2.24, 2.45) is 0 Å². The summed E-state index contributed by atoms with van der Waals surface area (Å²) < 4.78 is 27.0. The number of nitrogens with zero attached hydrogens (tertiary/aromatic N) is 1. The number of sulfonamides is 1. The summed E-state index contributed by atoms with van der Waals surface area (Å²) in [6.45, 7) is 4.87. The molecule has 0 heterocycles. The second-order valence-electron chi connectivity index (χ2n) is 5.71. The van der Waals surface area contributed by atoms with Gasteiger partial charge in [-0.3, -0.25) is 4.79 Å². The summed E-state index contributed by atoms with van der Waals surface area (Å²) in [6.07, 6.45) is 0.722. The first-order valence-corrected chi connectivity index (χ1v) is 8.76. The molecular weight excluding hydrogens is 302 g/mol. The Morgan fingerprint density at radius 3 is 2.55 bits per heavy atom. The smallest absolute Gasteiger partial charge is 0.251 e. The van der Waals surface area contributed by atoms with Crippen LogP contribution in [0.4, 0.5) is 0 Å². The molecule has 0 aliphatic heterocycles. The fourth-order valence-electron chi connectivity index (χ4n) is 1.84. The summed E-state index contributed by atoms with van der Waals surface area (Å²) in [6, 6.07) is 6.05. The van der Waals surface area contributed by atoms with Crippen molar-refractivity contribution < 1.29 is 13.2 Å². The standard InChI is InChI=1S/C15H25N3O3S/c1-12(2)17-15(19)13-7-5-8-14(11-13)22(20,21)16-9-6-10-18(3)4/h5,7-8,11-12,16H,6,9-10H2,1-4H3,(H,17,19). The highest BCUT2D eigenvalue weighted by molar-refractivity contribution is 7.89. The number of hydrogen-bond donors (Lipinski definition) is 2. The topological polar surface area (TPSA) is 78.5 Å². The molecule has 1 amide bonds. The van der Waals surface area contributed by atoms with Crippen molar-refractivity contribution in [3.8, 4) is 0 Å². The van der Waals surface area contributed by atoms with Crippen LogP contribution < -0.4 is 10.0 Å². The van der Waals surface area contributed by atoms with Crippen molar-refractivity contribution in [1.29, 1.82) is 0 Å². The van der Waals surface area contributed by atoms with Gasteiger partial charge in [0, 0.05) is 18.2 Å². The van der Waals surface area contributed by atoms with Crippen molar-refractivity contribution in [2.45, 2.75) is 31.2 Å². The van der Waals surface area contributed by atoms with E-state index in [1.807, 2.05) is 32.8 Å². The van der Waals surface area contributed by atoms with E-state index in [0.717, 1.165) is 13.0 Å². The monoisotopic (exact) mass is 327 g/mol. The van der Waals surface area contributed by atoms with E-state index < -0.39 is 10.0 Å². The Morgan fingerprint density at radius 1 is 1.27 bits per heavy atom. The lowest BCUT2D eigenvalue weighted by Crippen LogP contribution is -2.30. The minimum Gasteiger partial charge on any atom is -0.350 e. The molecule has 7 heteroatoms. The van der Waals surface area contributed by atoms with Gasteiger partial charge in [0.2, 0.25) is 10.0 Å². The van der Waals surface area contributed by atoms with Crippen LogP contribution in [0.1, 0.15) is 30.6 Å². The number of amides is 1. The first kappa shape index (κ1) is 18.6. The van der Waals surface area contributed by atoms with Crippen LogP contribution in [0.15, 0.2) is 29.2 Å². The molecule has 0 aliphatic rings. The quantitative estimate of drug-likeness (QED) is 0.700. The zero-order valence-corrected chi connectivity index (χ0v) is 14.4. The van der Waals surface area contributed by atoms with Gasteiger partial charge in [-0.1, -0.05) is 6.07 Å². The third-order valence-corrected chi connectivity index (χ3v) is 4.36. The number of rotatable bonds is 8. The summed E-state index contributed by atoms with van der Waals surface area (Å²) in [5.41, 5.74) is 0.338. The van der Waals surface area contributed by atoms with E-state index in [4.69, 9.17) is 0 Å². The van der Waals surface area contributed by atoms with Gasteiger partial charge in [0.1, 0.15) is 0 Å². The van der Waals surface area contributed by atoms with E-state index in [0.29, 0.717) is 12.1 Å². The first-order chi connectivity index (χ1) is 10.2. The minimum atomic E-state index is -3.59. The van der Waals surface area contributed by atoms with Gasteiger partial charge >= 0.3 is 0 Å². The highest BCUT2D eigenvalue weighted by Crippen LogP contribution is 2.11. The van der Waals surface area contributed by atoms with Crippen LogP contribution in [-0.4, -0.2) is 52.5 Å². The van der Waals surface area contributed by atoms with Gasteiger partial charge in [0.05, 0.1) is 4.90 Å². The molecule has 0 fully saturated rings. The molecule has 0 radical (unpaired) electrons. The van der Waals surface area contributed by atoms with Gasteiger partial charge in [0.15, 0.2) is 0 Å². The molecule has 0 spiro atoms. The molecule has 0 atom stereocenters. The van der Waals surface area contributed by atoms with Crippen LogP contribution in [-0.2, 0) is 10.0 Å². The SMILES string of the molecule is CC(C)NC(=O)c1cccc(S(=O)(=O)NCCCN(C)C)c1. The van der Waals surface area contributed by atoms with E-state index in [1.54, 1.807) is 12.1 Å². The maximum Gasteiger partial charge on any atom is 0.251 e. The maximum absolute atomic E-state index is 12.2. The molecule has 0 aliphatic carbocycles. The predicted octanol–water partition coefficient (Wildman–Crippen LogP) is 1.05. The zero-order chi connectivity index (χ0) is 16.8. The summed E-state index contributed by atoms with van der Waals surface area (Å²) in [7, 11) is 0.280. The molecule has 1 aromatic rings. The Balaban J connectivity index is 2.76. The number of hydrogen-bond acceptors (Lipinski definition) is 4. The van der Waals surface area contributed by atoms with Crippen molar-refractivity contribution in [1.82, 2.24) is 14.9 Å². The summed E-state index contributed by atoms with van der Waals surface area (Å²) in [5.74, 6) is -0.278. The fourth-order valence-corrected chi connectivity index (χ4v) is 2.95. The number of carbonyl (C=O) groups excluding carboxylic acids is 1. The van der Waals surface area contributed by atoms with Crippen LogP contribution in [0.2, 0.25) is 0 Å². The van der Waals surface area contributed by atoms with E-state index >= 15 is 0 Å². The highest BCUT2D eigenvalue weighted by Gasteiger charge is 2.16. The Labute approximate surface area is 132 Å². The van der Waals surface area contributed by atoms with Gasteiger partial charge < -0.3 is 10.2 Å². The van der Waals surface area contributed by atoms with Gasteiger partial charge in [-0.05, 0) is 59.1 Å². The molecule has 0 aromatic heterocycles. The lowest BCUT2D eigenvalue weighted by molar-refractivity contribution is 0.0943. The molecule has 0 unspecified atom stereocenters. The molecule has 0 bridgehead atoms. The predicted molar refractivity (Wildman–Crippen MR) is 87.4 cm³/mol. The van der Waals surface area contributed by atoms with E-state index in [-0.39, 0.29) is 16.8 Å². The third kappa shape index (κ3) is 6.13. The van der Waals surface area contributed by atoms with Crippen molar-refractivity contribution >= 4 is 15.9 Å². The molecule has 0 saturated heterocycles. The number of carbonyl (C=O) groups is 1. The van der Waals surface area contributed by atoms with Crippen LogP contribution in [0.25, 0.3) is 0 Å². The summed E-state index contributed by atoms with van der Waals surface area (Å²) >= 11 is 0. The molecule has 6 nitrogen and oxygen atoms in total. The minimum absolute atomic E-state index is 0.00285. The fraction of sp³-hybridized carbons (Fsp3) is 0.533. The second kappa shape index (κ2) is 8.26. The van der Waals surface area contributed by atoms with Crippen LogP contribution >= 0.6 is 0 Å². The molecule has 0 saturated carbocycles. The molecule has 22 heavy (non-hydrogen) atoms. The molecular formula is C15H25N3O3S. The van der Waals surface area contributed by atoms with E-state index in [1.165, 1.54) is 12.1 Å². The Kier molecular flexibility index (Phi) is 6.99. The van der Waals surface area contributed by atoms with E-state index in [9.17, 15) is 13.2 Å². The van der Waals surface area contributed by atoms with Gasteiger partial charge in [-0.15, -0.1) is 0 Å². The lowest BCUT2D eigenvalue weighted by Gasteiger charge is -2.12. The summed E-state index contributed by atoms with van der Waals surface area (Å²) in [4.78, 5) is 14.0. The van der Waals surface area contributed by atoms with Crippen molar-refractivity contribution in [3.05, 3.63) is 29.8 Å². The van der Waals surface area contributed by atoms with Crippen molar-refractivity contribution in [3.63, 3.8) is 0 Å². The molecule has 2 N–H and O–H groups in total. The maximum atomic E-state index is 12.2. The average Bonchev–Trinajstić information content (AvgIpc) is 2.43. The van der Waals surface area contributed by atoms with Gasteiger partial charge in [-0.25, -0.2) is 13.1 Å². The van der Waals surface area contributed by atoms with Crippen LogP contribution in [0.3, 0.4) is 0 Å². The highest BCUT2D eigenvalue weighted by atomic mass is 32.2. The van der Waals surface area contributed by atoms with Gasteiger partial charge in [-0.2, -0.15) is 0 Å². The largest absolute Gasteiger partial charge is 0.350 e. The number of nitrogens with one attached hydrogen (secondary N) is 2. The molecule has 1 rings (SSSR count). The first-order valence-electron chi connectivity index (χ1n) is 7.27. The van der Waals surface area contributed by atoms with Crippen LogP contribution in [0, 0.1) is 0 Å². The number of benzene rings is 1. The van der Waals surface area contributed by atoms with Crippen molar-refractivity contribution in [2.75, 3.05) is 27.2 Å². The molecule has 1 aromatic carbocycles. The second-order valence-corrected chi connectivity index (χ2v) is 7.48. The molecule has 124 valence electrons. The third-order valence-electron chi connectivity index (χ3n) is 2.90. The Bertz CT molecular complexity index is 598. The summed E-state index contributed by atoms with van der Waals surface area (Å²) in [5, 5.41) is 2.74. The van der Waals surface area contributed by atoms with Crippen LogP contribution in [0.5, 0.6) is 0 Å². The zero-order valence-electron chi connectivity index (χ0n) is 13.6. The Morgan fingerprint density at radius 2 is 1.95 bits per heavy atom. The lowest BCUT2D eigenvalue weighted by atomic mass is 10.2. The van der Waals surface area contributed by atoms with E-state index in [2.05, 4.69) is 10.0 Å². The average molecular weight is 327 g/mol.